The lowest BCUT2D eigenvalue weighted by Gasteiger charge is -2.31. The zero-order chi connectivity index (χ0) is 31.6. The summed E-state index contributed by atoms with van der Waals surface area (Å²) >= 11 is 4.91. The summed E-state index contributed by atoms with van der Waals surface area (Å²) < 4.78 is 0. The van der Waals surface area contributed by atoms with E-state index in [1.807, 2.05) is 6.07 Å². The minimum atomic E-state index is 0.519. The molecule has 0 spiro atoms. The summed E-state index contributed by atoms with van der Waals surface area (Å²) in [5.74, 6) is 1.48. The summed E-state index contributed by atoms with van der Waals surface area (Å²) in [5, 5.41) is 1.25. The van der Waals surface area contributed by atoms with Crippen LogP contribution in [0.2, 0.25) is 0 Å². The van der Waals surface area contributed by atoms with Gasteiger partial charge in [0.05, 0.1) is 22.6 Å². The van der Waals surface area contributed by atoms with Crippen LogP contribution in [0.4, 0.5) is 34.3 Å². The maximum absolute atomic E-state index is 5.52. The van der Waals surface area contributed by atoms with Gasteiger partial charge in [0.15, 0.2) is 0 Å². The molecular weight excluding hydrogens is 579 g/mol. The van der Waals surface area contributed by atoms with Gasteiger partial charge in [0.1, 0.15) is 5.82 Å². The van der Waals surface area contributed by atoms with Crippen LogP contribution in [0.1, 0.15) is 60.3 Å². The molecule has 230 valence electrons. The summed E-state index contributed by atoms with van der Waals surface area (Å²) in [6, 6.07) is 43.4. The molecule has 3 nitrogen and oxygen atoms in total. The van der Waals surface area contributed by atoms with E-state index in [4.69, 9.17) is 17.6 Å². The monoisotopic (exact) mass is 619 g/mol. The van der Waals surface area contributed by atoms with Crippen LogP contribution in [0.25, 0.3) is 10.9 Å². The first kappa shape index (κ1) is 30.1. The van der Waals surface area contributed by atoms with E-state index in [1.54, 1.807) is 0 Å². The first-order valence-electron chi connectivity index (χ1n) is 16.5. The molecule has 4 heteroatoms. The number of anilines is 6. The van der Waals surface area contributed by atoms with Crippen molar-refractivity contribution in [1.82, 2.24) is 4.98 Å². The molecule has 0 aliphatic heterocycles. The summed E-state index contributed by atoms with van der Waals surface area (Å²) in [5.41, 5.74) is 11.6. The number of thiol groups is 1. The van der Waals surface area contributed by atoms with Crippen LogP contribution in [-0.4, -0.2) is 4.98 Å². The maximum atomic E-state index is 5.52. The van der Waals surface area contributed by atoms with Gasteiger partial charge in [-0.3, -0.25) is 4.90 Å². The van der Waals surface area contributed by atoms with Crippen molar-refractivity contribution in [2.75, 3.05) is 9.80 Å². The number of hydrogen-bond acceptors (Lipinski definition) is 4. The van der Waals surface area contributed by atoms with Crippen LogP contribution in [-0.2, 0) is 0 Å². The van der Waals surface area contributed by atoms with Gasteiger partial charge < -0.3 is 4.90 Å². The molecule has 6 aromatic rings. The average molecular weight is 620 g/mol. The SMILES string of the molecule is Cc1ccccc1N(c1ccc2c(C3CCCCC3)cc(N(c3ccccc3C)c3ccccc3C)nc2c1)c1ccccc1S. The molecule has 1 heterocycles. The second-order valence-corrected chi connectivity index (χ2v) is 13.1. The molecule has 0 bridgehead atoms. The molecular formula is C42H41N3S. The summed E-state index contributed by atoms with van der Waals surface area (Å²) in [6.45, 7) is 6.55. The first-order chi connectivity index (χ1) is 22.5. The van der Waals surface area contributed by atoms with Gasteiger partial charge in [0, 0.05) is 21.7 Å². The third-order valence-electron chi connectivity index (χ3n) is 9.54. The zero-order valence-electron chi connectivity index (χ0n) is 26.9. The molecule has 1 aliphatic rings. The smallest absolute Gasteiger partial charge is 0.138 e. The minimum Gasteiger partial charge on any atom is -0.309 e. The second-order valence-electron chi connectivity index (χ2n) is 12.6. The molecule has 0 unspecified atom stereocenters. The van der Waals surface area contributed by atoms with Gasteiger partial charge in [-0.05, 0) is 110 Å². The molecule has 0 radical (unpaired) electrons. The van der Waals surface area contributed by atoms with Gasteiger partial charge >= 0.3 is 0 Å². The molecule has 1 fully saturated rings. The largest absolute Gasteiger partial charge is 0.309 e. The predicted octanol–water partition coefficient (Wildman–Crippen LogP) is 12.4. The molecule has 1 saturated carbocycles. The lowest BCUT2D eigenvalue weighted by molar-refractivity contribution is 0.445. The number of benzene rings is 5. The van der Waals surface area contributed by atoms with Gasteiger partial charge in [-0.2, -0.15) is 0 Å². The third kappa shape index (κ3) is 5.78. The minimum absolute atomic E-state index is 0.519. The Labute approximate surface area is 279 Å². The standard InChI is InChI=1S/C42H41N3S/c1-29-15-7-10-20-37(29)44(40-23-13-14-24-41(40)46)33-25-26-34-35(32-18-5-4-6-19-32)28-42(43-36(34)27-33)45(38-21-11-8-16-30(38)2)39-22-12-9-17-31(39)3/h7-17,20-28,32,46H,4-6,18-19H2,1-3H3. The van der Waals surface area contributed by atoms with Crippen LogP contribution in [0.5, 0.6) is 0 Å². The summed E-state index contributed by atoms with van der Waals surface area (Å²) in [7, 11) is 0. The van der Waals surface area contributed by atoms with Crippen LogP contribution in [0.15, 0.2) is 126 Å². The summed E-state index contributed by atoms with van der Waals surface area (Å²) in [4.78, 5) is 11.1. The van der Waals surface area contributed by atoms with Gasteiger partial charge in [-0.25, -0.2) is 4.98 Å². The van der Waals surface area contributed by atoms with Crippen molar-refractivity contribution in [3.8, 4) is 0 Å². The Kier molecular flexibility index (Phi) is 8.55. The highest BCUT2D eigenvalue weighted by molar-refractivity contribution is 7.80. The third-order valence-corrected chi connectivity index (χ3v) is 9.91. The van der Waals surface area contributed by atoms with E-state index in [1.165, 1.54) is 59.7 Å². The topological polar surface area (TPSA) is 19.4 Å². The van der Waals surface area contributed by atoms with Crippen molar-refractivity contribution in [1.29, 1.82) is 0 Å². The van der Waals surface area contributed by atoms with Crippen molar-refractivity contribution in [3.05, 3.63) is 144 Å². The Balaban J connectivity index is 1.49. The molecule has 0 N–H and O–H groups in total. The molecule has 0 saturated heterocycles. The van der Waals surface area contributed by atoms with E-state index in [0.29, 0.717) is 5.92 Å². The molecule has 0 amide bonds. The van der Waals surface area contributed by atoms with E-state index in [9.17, 15) is 0 Å². The van der Waals surface area contributed by atoms with E-state index < -0.39 is 0 Å². The van der Waals surface area contributed by atoms with Crippen LogP contribution in [0.3, 0.4) is 0 Å². The van der Waals surface area contributed by atoms with E-state index in [-0.39, 0.29) is 0 Å². The Morgan fingerprint density at radius 1 is 0.565 bits per heavy atom. The summed E-state index contributed by atoms with van der Waals surface area (Å²) in [6.07, 6.45) is 6.32. The number of aryl methyl sites for hydroxylation is 3. The fourth-order valence-electron chi connectivity index (χ4n) is 7.11. The van der Waals surface area contributed by atoms with Crippen molar-refractivity contribution in [2.45, 2.75) is 63.7 Å². The number of pyridine rings is 1. The molecule has 7 rings (SSSR count). The zero-order valence-corrected chi connectivity index (χ0v) is 27.8. The van der Waals surface area contributed by atoms with Gasteiger partial charge in [0.2, 0.25) is 0 Å². The molecule has 5 aromatic carbocycles. The lowest BCUT2D eigenvalue weighted by Crippen LogP contribution is -2.16. The Morgan fingerprint density at radius 3 is 1.65 bits per heavy atom. The second kappa shape index (κ2) is 13.1. The number of hydrogen-bond donors (Lipinski definition) is 1. The lowest BCUT2D eigenvalue weighted by atomic mass is 9.82. The van der Waals surface area contributed by atoms with Gasteiger partial charge in [-0.1, -0.05) is 92.1 Å². The number of aromatic nitrogens is 1. The fourth-order valence-corrected chi connectivity index (χ4v) is 7.38. The quantitative estimate of drug-likeness (QED) is 0.179. The van der Waals surface area contributed by atoms with Crippen LogP contribution >= 0.6 is 12.6 Å². The molecule has 0 atom stereocenters. The number of para-hydroxylation sites is 4. The van der Waals surface area contributed by atoms with Crippen LogP contribution in [0, 0.1) is 20.8 Å². The van der Waals surface area contributed by atoms with Crippen molar-refractivity contribution >= 4 is 57.8 Å². The number of fused-ring (bicyclic) bond motifs is 1. The first-order valence-corrected chi connectivity index (χ1v) is 16.9. The van der Waals surface area contributed by atoms with Gasteiger partial charge in [-0.15, -0.1) is 12.6 Å². The van der Waals surface area contributed by atoms with Crippen molar-refractivity contribution in [2.24, 2.45) is 0 Å². The van der Waals surface area contributed by atoms with Crippen LogP contribution < -0.4 is 9.80 Å². The molecule has 46 heavy (non-hydrogen) atoms. The van der Waals surface area contributed by atoms with E-state index in [0.717, 1.165) is 44.7 Å². The number of nitrogens with zero attached hydrogens (tertiary/aromatic N) is 3. The average Bonchev–Trinajstić information content (AvgIpc) is 3.08. The van der Waals surface area contributed by atoms with E-state index in [2.05, 4.69) is 146 Å². The normalized spacial score (nSPS) is 13.6. The van der Waals surface area contributed by atoms with Gasteiger partial charge in [0.25, 0.3) is 0 Å². The fraction of sp³-hybridized carbons (Fsp3) is 0.214. The Morgan fingerprint density at radius 2 is 1.09 bits per heavy atom. The Hall–Kier alpha value is -4.54. The highest BCUT2D eigenvalue weighted by Crippen LogP contribution is 2.45. The van der Waals surface area contributed by atoms with Crippen molar-refractivity contribution < 1.29 is 0 Å². The molecule has 1 aliphatic carbocycles. The number of rotatable bonds is 7. The highest BCUT2D eigenvalue weighted by atomic mass is 32.1. The Bertz CT molecular complexity index is 1910. The van der Waals surface area contributed by atoms with Crippen molar-refractivity contribution in [3.63, 3.8) is 0 Å². The molecule has 1 aromatic heterocycles. The maximum Gasteiger partial charge on any atom is 0.138 e. The van der Waals surface area contributed by atoms with E-state index >= 15 is 0 Å². The highest BCUT2D eigenvalue weighted by Gasteiger charge is 2.25. The predicted molar refractivity (Wildman–Crippen MR) is 198 cm³/mol.